The van der Waals surface area contributed by atoms with Crippen LogP contribution in [0.15, 0.2) is 42.5 Å². The number of piperazine rings is 1. The first-order chi connectivity index (χ1) is 15.6. The Balaban J connectivity index is 1.21. The van der Waals surface area contributed by atoms with Crippen LogP contribution >= 0.6 is 0 Å². The maximum Gasteiger partial charge on any atom is 0.319 e. The average Bonchev–Trinajstić information content (AvgIpc) is 3.23. The molecule has 1 saturated carbocycles. The van der Waals surface area contributed by atoms with Gasteiger partial charge in [0.25, 0.3) is 0 Å². The fourth-order valence-corrected chi connectivity index (χ4v) is 5.56. The van der Waals surface area contributed by atoms with E-state index in [1.165, 1.54) is 19.3 Å². The highest BCUT2D eigenvalue weighted by atomic mass is 16.2. The van der Waals surface area contributed by atoms with Gasteiger partial charge in [-0.15, -0.1) is 0 Å². The van der Waals surface area contributed by atoms with Gasteiger partial charge in [-0.1, -0.05) is 68.5 Å². The maximum atomic E-state index is 13.1. The molecule has 2 aromatic rings. The van der Waals surface area contributed by atoms with Crippen LogP contribution in [0.25, 0.3) is 10.8 Å². The predicted octanol–water partition coefficient (Wildman–Crippen LogP) is 3.40. The summed E-state index contributed by atoms with van der Waals surface area (Å²) in [6.45, 7) is 0.376. The minimum absolute atomic E-state index is 0.000986. The molecule has 3 N–H and O–H groups in total. The number of carbonyl (C=O) groups is 3. The molecular formula is C25H30N4O3. The number of urea groups is 1. The Kier molecular flexibility index (Phi) is 5.72. The van der Waals surface area contributed by atoms with E-state index >= 15 is 0 Å². The Labute approximate surface area is 187 Å². The molecule has 168 valence electrons. The Bertz CT molecular complexity index is 1030. The molecule has 3 atom stereocenters. The van der Waals surface area contributed by atoms with Crippen molar-refractivity contribution in [3.05, 3.63) is 42.5 Å². The third-order valence-electron chi connectivity index (χ3n) is 7.17. The molecule has 0 radical (unpaired) electrons. The monoisotopic (exact) mass is 434 g/mol. The van der Waals surface area contributed by atoms with Gasteiger partial charge in [0.05, 0.1) is 11.7 Å². The van der Waals surface area contributed by atoms with Crippen molar-refractivity contribution in [3.8, 4) is 0 Å². The standard InChI is InChI=1S/C25H30N4O3/c30-23-22-14-18(15-29(22)24(31)21(27-23)13-16-7-2-1-3-8-16)26-25(32)28-20-12-6-10-17-9-4-5-11-19(17)20/h4-6,9-12,16,18,21-22H,1-3,7-8,13-15H2,(H,27,30)(H2,26,28,32)/t18-,21-,22-/m0/s1. The molecule has 7 nitrogen and oxygen atoms in total. The molecule has 3 fully saturated rings. The number of nitrogens with zero attached hydrogens (tertiary/aromatic N) is 1. The number of hydrogen-bond donors (Lipinski definition) is 3. The number of rotatable bonds is 4. The van der Waals surface area contributed by atoms with Crippen molar-refractivity contribution in [2.24, 2.45) is 5.92 Å². The molecule has 0 aromatic heterocycles. The lowest BCUT2D eigenvalue weighted by atomic mass is 9.84. The van der Waals surface area contributed by atoms with Crippen LogP contribution < -0.4 is 16.0 Å². The van der Waals surface area contributed by atoms with Gasteiger partial charge in [-0.05, 0) is 30.2 Å². The van der Waals surface area contributed by atoms with Crippen molar-refractivity contribution >= 4 is 34.3 Å². The summed E-state index contributed by atoms with van der Waals surface area (Å²) < 4.78 is 0. The quantitative estimate of drug-likeness (QED) is 0.689. The highest BCUT2D eigenvalue weighted by molar-refractivity contribution is 6.02. The molecule has 32 heavy (non-hydrogen) atoms. The Morgan fingerprint density at radius 3 is 2.66 bits per heavy atom. The second kappa shape index (κ2) is 8.81. The number of anilines is 1. The van der Waals surface area contributed by atoms with E-state index in [2.05, 4.69) is 16.0 Å². The summed E-state index contributed by atoms with van der Waals surface area (Å²) in [6, 6.07) is 12.2. The summed E-state index contributed by atoms with van der Waals surface area (Å²) in [5.41, 5.74) is 0.734. The van der Waals surface area contributed by atoms with Crippen molar-refractivity contribution in [2.75, 3.05) is 11.9 Å². The normalized spacial score (nSPS) is 26.0. The van der Waals surface area contributed by atoms with Crippen molar-refractivity contribution < 1.29 is 14.4 Å². The van der Waals surface area contributed by atoms with Gasteiger partial charge in [0.1, 0.15) is 12.1 Å². The second-order valence-electron chi connectivity index (χ2n) is 9.37. The van der Waals surface area contributed by atoms with Crippen molar-refractivity contribution in [1.29, 1.82) is 0 Å². The fourth-order valence-electron chi connectivity index (χ4n) is 5.56. The molecule has 2 saturated heterocycles. The molecule has 7 heteroatoms. The Morgan fingerprint density at radius 1 is 1.03 bits per heavy atom. The molecule has 0 bridgehead atoms. The van der Waals surface area contributed by atoms with Gasteiger partial charge < -0.3 is 20.9 Å². The van der Waals surface area contributed by atoms with Crippen LogP contribution in [0.3, 0.4) is 0 Å². The zero-order valence-corrected chi connectivity index (χ0v) is 18.2. The first-order valence-electron chi connectivity index (χ1n) is 11.7. The fraction of sp³-hybridized carbons (Fsp3) is 0.480. The molecule has 1 aliphatic carbocycles. The Hall–Kier alpha value is -3.09. The molecule has 2 heterocycles. The van der Waals surface area contributed by atoms with Crippen LogP contribution in [0.4, 0.5) is 10.5 Å². The second-order valence-corrected chi connectivity index (χ2v) is 9.37. The largest absolute Gasteiger partial charge is 0.342 e. The van der Waals surface area contributed by atoms with E-state index in [0.717, 1.165) is 35.7 Å². The van der Waals surface area contributed by atoms with E-state index < -0.39 is 12.1 Å². The third-order valence-corrected chi connectivity index (χ3v) is 7.17. The zero-order chi connectivity index (χ0) is 22.1. The van der Waals surface area contributed by atoms with E-state index in [0.29, 0.717) is 18.9 Å². The first kappa shape index (κ1) is 20.8. The summed E-state index contributed by atoms with van der Waals surface area (Å²) in [7, 11) is 0. The van der Waals surface area contributed by atoms with Gasteiger partial charge in [-0.25, -0.2) is 4.79 Å². The number of nitrogens with one attached hydrogen (secondary N) is 3. The van der Waals surface area contributed by atoms with Crippen LogP contribution in [0.1, 0.15) is 44.9 Å². The van der Waals surface area contributed by atoms with Gasteiger partial charge in [-0.3, -0.25) is 9.59 Å². The molecule has 4 amide bonds. The van der Waals surface area contributed by atoms with E-state index in [1.807, 2.05) is 42.5 Å². The van der Waals surface area contributed by atoms with Gasteiger partial charge >= 0.3 is 6.03 Å². The molecule has 0 spiro atoms. The van der Waals surface area contributed by atoms with Crippen LogP contribution in [-0.4, -0.2) is 47.4 Å². The summed E-state index contributed by atoms with van der Waals surface area (Å²) in [6.07, 6.45) is 7.14. The first-order valence-corrected chi connectivity index (χ1v) is 11.7. The van der Waals surface area contributed by atoms with Crippen molar-refractivity contribution in [1.82, 2.24) is 15.5 Å². The van der Waals surface area contributed by atoms with Gasteiger partial charge in [0.15, 0.2) is 0 Å². The molecular weight excluding hydrogens is 404 g/mol. The average molecular weight is 435 g/mol. The molecule has 2 aromatic carbocycles. The minimum Gasteiger partial charge on any atom is -0.342 e. The molecule has 5 rings (SSSR count). The lowest BCUT2D eigenvalue weighted by Crippen LogP contribution is -2.61. The minimum atomic E-state index is -0.493. The summed E-state index contributed by atoms with van der Waals surface area (Å²) in [5.74, 6) is 0.417. The van der Waals surface area contributed by atoms with Crippen molar-refractivity contribution in [2.45, 2.75) is 63.1 Å². The smallest absolute Gasteiger partial charge is 0.319 e. The topological polar surface area (TPSA) is 90.5 Å². The van der Waals surface area contributed by atoms with Crippen LogP contribution in [-0.2, 0) is 9.59 Å². The highest BCUT2D eigenvalue weighted by Gasteiger charge is 2.47. The lowest BCUT2D eigenvalue weighted by Gasteiger charge is -2.36. The lowest BCUT2D eigenvalue weighted by molar-refractivity contribution is -0.147. The molecule has 2 aliphatic heterocycles. The SMILES string of the molecule is O=C(Nc1cccc2ccccc12)N[C@H]1C[C@H]2C(=O)N[C@@H](CC3CCCCC3)C(=O)N2C1. The van der Waals surface area contributed by atoms with Crippen LogP contribution in [0.2, 0.25) is 0 Å². The predicted molar refractivity (Wildman–Crippen MR) is 123 cm³/mol. The van der Waals surface area contributed by atoms with Gasteiger partial charge in [0.2, 0.25) is 11.8 Å². The van der Waals surface area contributed by atoms with E-state index in [9.17, 15) is 14.4 Å². The van der Waals surface area contributed by atoms with E-state index in [-0.39, 0.29) is 23.9 Å². The molecule has 3 aliphatic rings. The number of carbonyl (C=O) groups excluding carboxylic acids is 3. The zero-order valence-electron chi connectivity index (χ0n) is 18.2. The van der Waals surface area contributed by atoms with Gasteiger partial charge in [-0.2, -0.15) is 0 Å². The van der Waals surface area contributed by atoms with E-state index in [4.69, 9.17) is 0 Å². The summed E-state index contributed by atoms with van der Waals surface area (Å²) in [4.78, 5) is 40.1. The summed E-state index contributed by atoms with van der Waals surface area (Å²) in [5, 5.41) is 10.9. The highest BCUT2D eigenvalue weighted by Crippen LogP contribution is 2.31. The van der Waals surface area contributed by atoms with Crippen LogP contribution in [0, 0.1) is 5.92 Å². The summed E-state index contributed by atoms with van der Waals surface area (Å²) >= 11 is 0. The Morgan fingerprint density at radius 2 is 1.81 bits per heavy atom. The van der Waals surface area contributed by atoms with Gasteiger partial charge in [0, 0.05) is 11.9 Å². The van der Waals surface area contributed by atoms with Crippen molar-refractivity contribution in [3.63, 3.8) is 0 Å². The third kappa shape index (κ3) is 4.16. The number of benzene rings is 2. The van der Waals surface area contributed by atoms with Crippen LogP contribution in [0.5, 0.6) is 0 Å². The number of hydrogen-bond acceptors (Lipinski definition) is 3. The molecule has 0 unspecified atom stereocenters. The number of amides is 4. The number of fused-ring (bicyclic) bond motifs is 2. The van der Waals surface area contributed by atoms with E-state index in [1.54, 1.807) is 4.90 Å². The maximum absolute atomic E-state index is 13.1.